The van der Waals surface area contributed by atoms with E-state index >= 15 is 0 Å². The van der Waals surface area contributed by atoms with Crippen molar-refractivity contribution < 1.29 is 58.8 Å². The molecule has 6 heteroatoms. The molecular formula is C20H30O4Rh2-2. The maximum Gasteiger partial charge on any atom is 0.0383 e. The van der Waals surface area contributed by atoms with Gasteiger partial charge in [-0.05, 0) is 117 Å². The molecule has 0 bridgehead atoms. The Balaban J connectivity index is -0.000000128. The third-order valence-electron chi connectivity index (χ3n) is 2.67. The second-order valence-corrected chi connectivity index (χ2v) is 5.18. The molecule has 0 aromatic heterocycles. The summed E-state index contributed by atoms with van der Waals surface area (Å²) in [6.07, 6.45) is 28.0. The zero-order valence-corrected chi connectivity index (χ0v) is 18.9. The Morgan fingerprint density at radius 3 is 0.654 bits per heavy atom. The van der Waals surface area contributed by atoms with Crippen molar-refractivity contribution in [1.29, 1.82) is 0 Å². The molecule has 0 aromatic carbocycles. The van der Waals surface area contributed by atoms with Crippen LogP contribution in [0.1, 0.15) is 65.2 Å². The van der Waals surface area contributed by atoms with E-state index < -0.39 is 11.9 Å². The largest absolute Gasteiger partial charge is 0.550 e. The fraction of sp³-hybridized carbons (Fsp3) is 0.500. The summed E-state index contributed by atoms with van der Waals surface area (Å²) in [7, 11) is 0. The first-order valence-electron chi connectivity index (χ1n) is 8.42. The van der Waals surface area contributed by atoms with E-state index in [2.05, 4.69) is 51.4 Å². The fourth-order valence-corrected chi connectivity index (χ4v) is 1.71. The van der Waals surface area contributed by atoms with Crippen LogP contribution in [0.3, 0.4) is 0 Å². The molecule has 26 heavy (non-hydrogen) atoms. The van der Waals surface area contributed by atoms with Crippen LogP contribution in [0.15, 0.2) is 0 Å². The minimum Gasteiger partial charge on any atom is -0.550 e. The molecule has 2 rings (SSSR count). The van der Waals surface area contributed by atoms with E-state index in [1.165, 1.54) is 51.4 Å². The van der Waals surface area contributed by atoms with Gasteiger partial charge in [-0.2, -0.15) is 0 Å². The van der Waals surface area contributed by atoms with Gasteiger partial charge in [0.15, 0.2) is 0 Å². The van der Waals surface area contributed by atoms with Crippen LogP contribution in [0.25, 0.3) is 0 Å². The maximum atomic E-state index is 8.89. The second-order valence-electron chi connectivity index (χ2n) is 5.18. The SMILES string of the molecule is CC(=O)[O-].CC(=O)[O-].[CH]1[CH]CC[CH][CH]CC1.[CH]1[CH]CC[CH][CH]CC1.[Rh].[Rh]. The monoisotopic (exact) mass is 540 g/mol. The van der Waals surface area contributed by atoms with Crippen LogP contribution in [0.2, 0.25) is 0 Å². The average Bonchev–Trinajstić information content (AvgIpc) is 2.35. The first-order chi connectivity index (χ1) is 11.5. The Hall–Kier alpha value is 0.187. The smallest absolute Gasteiger partial charge is 0.0383 e. The van der Waals surface area contributed by atoms with Crippen LogP contribution in [0.5, 0.6) is 0 Å². The minimum atomic E-state index is -1.08. The van der Waals surface area contributed by atoms with E-state index in [1.54, 1.807) is 0 Å². The molecule has 154 valence electrons. The van der Waals surface area contributed by atoms with Crippen molar-refractivity contribution in [2.24, 2.45) is 0 Å². The Morgan fingerprint density at radius 1 is 0.500 bits per heavy atom. The summed E-state index contributed by atoms with van der Waals surface area (Å²) >= 11 is 0. The molecule has 0 atom stereocenters. The van der Waals surface area contributed by atoms with Crippen LogP contribution in [0, 0.1) is 51.4 Å². The zero-order valence-electron chi connectivity index (χ0n) is 15.6. The number of carbonyl (C=O) groups excluding carboxylic acids is 2. The van der Waals surface area contributed by atoms with Gasteiger partial charge in [0.1, 0.15) is 0 Å². The molecule has 0 aromatic rings. The number of aliphatic carboxylic acids is 2. The van der Waals surface area contributed by atoms with Gasteiger partial charge < -0.3 is 19.8 Å². The molecule has 10 radical (unpaired) electrons. The summed E-state index contributed by atoms with van der Waals surface area (Å²) < 4.78 is 0. The molecule has 0 spiro atoms. The normalized spacial score (nSPS) is 16.7. The summed E-state index contributed by atoms with van der Waals surface area (Å²) in [5, 5.41) is 17.8. The van der Waals surface area contributed by atoms with Crippen molar-refractivity contribution in [1.82, 2.24) is 0 Å². The van der Waals surface area contributed by atoms with E-state index in [4.69, 9.17) is 19.8 Å². The minimum absolute atomic E-state index is 0. The fourth-order valence-electron chi connectivity index (χ4n) is 1.71. The van der Waals surface area contributed by atoms with E-state index in [9.17, 15) is 0 Å². The van der Waals surface area contributed by atoms with Gasteiger partial charge >= 0.3 is 0 Å². The van der Waals surface area contributed by atoms with Gasteiger partial charge in [-0.3, -0.25) is 0 Å². The summed E-state index contributed by atoms with van der Waals surface area (Å²) in [5.41, 5.74) is 0. The van der Waals surface area contributed by atoms with Crippen molar-refractivity contribution >= 4 is 11.9 Å². The zero-order chi connectivity index (χ0) is 18.5. The first kappa shape index (κ1) is 33.7. The third-order valence-corrected chi connectivity index (χ3v) is 2.67. The molecule has 0 heterocycles. The van der Waals surface area contributed by atoms with Gasteiger partial charge in [0.25, 0.3) is 0 Å². The number of hydrogen-bond donors (Lipinski definition) is 0. The van der Waals surface area contributed by atoms with Gasteiger partial charge in [0.05, 0.1) is 0 Å². The first-order valence-corrected chi connectivity index (χ1v) is 8.42. The molecule has 0 aliphatic heterocycles. The molecule has 0 amide bonds. The predicted octanol–water partition coefficient (Wildman–Crippen LogP) is 2.26. The quantitative estimate of drug-likeness (QED) is 0.442. The third kappa shape index (κ3) is 49.6. The van der Waals surface area contributed by atoms with Gasteiger partial charge in [-0.15, -0.1) is 0 Å². The Labute approximate surface area is 186 Å². The topological polar surface area (TPSA) is 80.3 Å². The summed E-state index contributed by atoms with van der Waals surface area (Å²) in [5.74, 6) is -2.17. The maximum absolute atomic E-state index is 8.89. The average molecular weight is 540 g/mol. The Morgan fingerprint density at radius 2 is 0.577 bits per heavy atom. The number of carboxylic acid groups (broad SMARTS) is 2. The van der Waals surface area contributed by atoms with Crippen LogP contribution < -0.4 is 10.2 Å². The van der Waals surface area contributed by atoms with Gasteiger partial charge in [-0.1, -0.05) is 0 Å². The van der Waals surface area contributed by atoms with Crippen LogP contribution in [-0.4, -0.2) is 11.9 Å². The van der Waals surface area contributed by atoms with Crippen molar-refractivity contribution in [3.63, 3.8) is 0 Å². The van der Waals surface area contributed by atoms with E-state index in [1.807, 2.05) is 0 Å². The molecule has 2 saturated carbocycles. The van der Waals surface area contributed by atoms with Gasteiger partial charge in [0.2, 0.25) is 0 Å². The van der Waals surface area contributed by atoms with Gasteiger partial charge in [-0.25, -0.2) is 0 Å². The van der Waals surface area contributed by atoms with Crippen LogP contribution in [0.4, 0.5) is 0 Å². The summed E-state index contributed by atoms with van der Waals surface area (Å²) in [6, 6.07) is 0. The number of hydrogen-bond acceptors (Lipinski definition) is 4. The molecule has 2 fully saturated rings. The van der Waals surface area contributed by atoms with Gasteiger partial charge in [0, 0.05) is 50.9 Å². The van der Waals surface area contributed by atoms with Crippen LogP contribution >= 0.6 is 0 Å². The Kier molecular flexibility index (Phi) is 38.9. The molecule has 2 aliphatic rings. The van der Waals surface area contributed by atoms with E-state index in [-0.39, 0.29) is 39.0 Å². The molecule has 2 aliphatic carbocycles. The number of carbonyl (C=O) groups is 2. The predicted molar refractivity (Wildman–Crippen MR) is 92.7 cm³/mol. The molecule has 0 N–H and O–H groups in total. The molecule has 0 unspecified atom stereocenters. The van der Waals surface area contributed by atoms with Crippen molar-refractivity contribution in [3.8, 4) is 0 Å². The Bertz CT molecular complexity index is 203. The second kappa shape index (κ2) is 29.9. The molecule has 4 nitrogen and oxygen atoms in total. The van der Waals surface area contributed by atoms with E-state index in [0.717, 1.165) is 13.8 Å². The standard InChI is InChI=1S/2C8H12.2C2H4O2.2Rh/c2*1-2-4-6-8-7-5-3-1;2*1-2(3)4;;/h2*1-2,7-8H,3-6H2;2*1H3,(H,3,4);;/p-2. The van der Waals surface area contributed by atoms with Crippen LogP contribution in [-0.2, 0) is 48.5 Å². The number of carboxylic acids is 2. The van der Waals surface area contributed by atoms with Crippen molar-refractivity contribution in [2.45, 2.75) is 65.2 Å². The van der Waals surface area contributed by atoms with Crippen molar-refractivity contribution in [2.75, 3.05) is 0 Å². The summed E-state index contributed by atoms with van der Waals surface area (Å²) in [6.45, 7) is 1.94. The summed E-state index contributed by atoms with van der Waals surface area (Å²) in [4.78, 5) is 17.8. The molecular weight excluding hydrogens is 510 g/mol. The molecule has 0 saturated heterocycles. The van der Waals surface area contributed by atoms with E-state index in [0.29, 0.717) is 0 Å². The van der Waals surface area contributed by atoms with Crippen molar-refractivity contribution in [3.05, 3.63) is 51.4 Å². The number of rotatable bonds is 0.